The summed E-state index contributed by atoms with van der Waals surface area (Å²) in [7, 11) is 0. The number of morpholine rings is 1. The number of rotatable bonds is 6. The molecule has 1 amide bonds. The number of nitrogens with one attached hydrogen (secondary N) is 1. The standard InChI is InChI=1S/C16H30N2O3/c1-6-7-8-17-13(2)11-14-12-20-10-9-18(14)15(19)21-16(3,4)5/h6,13-14,17H,1,7-12H2,2-5H3. The van der Waals surface area contributed by atoms with Gasteiger partial charge in [-0.1, -0.05) is 6.08 Å². The number of hydrogen-bond donors (Lipinski definition) is 1. The number of nitrogens with zero attached hydrogens (tertiary/aromatic N) is 1. The van der Waals surface area contributed by atoms with Crippen molar-refractivity contribution >= 4 is 6.09 Å². The van der Waals surface area contributed by atoms with E-state index in [2.05, 4.69) is 18.8 Å². The molecule has 0 aromatic heterocycles. The maximum absolute atomic E-state index is 12.3. The average Bonchev–Trinajstić information content (AvgIpc) is 2.37. The highest BCUT2D eigenvalue weighted by atomic mass is 16.6. The van der Waals surface area contributed by atoms with Gasteiger partial charge >= 0.3 is 6.09 Å². The van der Waals surface area contributed by atoms with Gasteiger partial charge in [-0.3, -0.25) is 0 Å². The molecule has 0 spiro atoms. The van der Waals surface area contributed by atoms with Gasteiger partial charge < -0.3 is 19.7 Å². The van der Waals surface area contributed by atoms with Crippen LogP contribution in [0.5, 0.6) is 0 Å². The normalized spacial score (nSPS) is 21.0. The van der Waals surface area contributed by atoms with Gasteiger partial charge in [0.05, 0.1) is 19.3 Å². The van der Waals surface area contributed by atoms with Crippen molar-refractivity contribution in [1.82, 2.24) is 10.2 Å². The number of carbonyl (C=O) groups is 1. The van der Waals surface area contributed by atoms with Gasteiger partial charge in [-0.05, 0) is 47.1 Å². The summed E-state index contributed by atoms with van der Waals surface area (Å²) in [6.45, 7) is 14.2. The van der Waals surface area contributed by atoms with Crippen molar-refractivity contribution in [3.05, 3.63) is 12.7 Å². The smallest absolute Gasteiger partial charge is 0.410 e. The Hall–Kier alpha value is -1.07. The first kappa shape index (κ1) is 18.0. The van der Waals surface area contributed by atoms with Gasteiger partial charge in [-0.2, -0.15) is 0 Å². The maximum Gasteiger partial charge on any atom is 0.410 e. The van der Waals surface area contributed by atoms with E-state index in [4.69, 9.17) is 9.47 Å². The summed E-state index contributed by atoms with van der Waals surface area (Å²) < 4.78 is 11.0. The first-order chi connectivity index (χ1) is 9.83. The van der Waals surface area contributed by atoms with Gasteiger partial charge in [0.15, 0.2) is 0 Å². The molecule has 1 aliphatic heterocycles. The zero-order valence-electron chi connectivity index (χ0n) is 13.9. The Labute approximate surface area is 128 Å². The Balaban J connectivity index is 2.52. The predicted octanol–water partition coefficient (Wildman–Crippen LogP) is 2.57. The molecule has 0 radical (unpaired) electrons. The van der Waals surface area contributed by atoms with Crippen LogP contribution >= 0.6 is 0 Å². The summed E-state index contributed by atoms with van der Waals surface area (Å²) in [6, 6.07) is 0.390. The van der Waals surface area contributed by atoms with Crippen molar-refractivity contribution in [2.75, 3.05) is 26.3 Å². The quantitative estimate of drug-likeness (QED) is 0.605. The molecule has 0 aliphatic carbocycles. The summed E-state index contributed by atoms with van der Waals surface area (Å²) in [6.07, 6.45) is 3.46. The molecule has 1 saturated heterocycles. The predicted molar refractivity (Wildman–Crippen MR) is 84.4 cm³/mol. The zero-order valence-corrected chi connectivity index (χ0v) is 13.9. The molecule has 5 nitrogen and oxygen atoms in total. The van der Waals surface area contributed by atoms with Gasteiger partial charge in [0.2, 0.25) is 0 Å². The number of hydrogen-bond acceptors (Lipinski definition) is 4. The second-order valence-corrected chi connectivity index (χ2v) is 6.57. The van der Waals surface area contributed by atoms with Crippen molar-refractivity contribution in [3.63, 3.8) is 0 Å². The number of amides is 1. The van der Waals surface area contributed by atoms with Gasteiger partial charge in [0, 0.05) is 12.6 Å². The molecule has 1 aliphatic rings. The van der Waals surface area contributed by atoms with Crippen LogP contribution < -0.4 is 5.32 Å². The summed E-state index contributed by atoms with van der Waals surface area (Å²) in [5.41, 5.74) is -0.465. The average molecular weight is 298 g/mol. The van der Waals surface area contributed by atoms with Gasteiger partial charge in [-0.25, -0.2) is 4.79 Å². The molecule has 21 heavy (non-hydrogen) atoms. The molecule has 1 N–H and O–H groups in total. The third-order valence-electron chi connectivity index (χ3n) is 3.32. The Kier molecular flexibility index (Phi) is 7.18. The van der Waals surface area contributed by atoms with E-state index in [0.717, 1.165) is 19.4 Å². The van der Waals surface area contributed by atoms with Gasteiger partial charge in [-0.15, -0.1) is 6.58 Å². The van der Waals surface area contributed by atoms with Crippen LogP contribution in [-0.2, 0) is 9.47 Å². The molecule has 0 aromatic carbocycles. The molecular formula is C16H30N2O3. The lowest BCUT2D eigenvalue weighted by molar-refractivity contribution is -0.0355. The third-order valence-corrected chi connectivity index (χ3v) is 3.32. The fourth-order valence-electron chi connectivity index (χ4n) is 2.33. The van der Waals surface area contributed by atoms with Crippen LogP contribution in [0.15, 0.2) is 12.7 Å². The van der Waals surface area contributed by atoms with Gasteiger partial charge in [0.1, 0.15) is 5.60 Å². The number of ether oxygens (including phenoxy) is 2. The number of carbonyl (C=O) groups excluding carboxylic acids is 1. The molecule has 1 rings (SSSR count). The van der Waals surface area contributed by atoms with Crippen LogP contribution in [0.3, 0.4) is 0 Å². The summed E-state index contributed by atoms with van der Waals surface area (Å²) in [5.74, 6) is 0. The minimum absolute atomic E-state index is 0.0693. The molecule has 5 heteroatoms. The van der Waals surface area contributed by atoms with E-state index >= 15 is 0 Å². The highest BCUT2D eigenvalue weighted by molar-refractivity contribution is 5.68. The van der Waals surface area contributed by atoms with E-state index in [1.54, 1.807) is 4.90 Å². The maximum atomic E-state index is 12.3. The van der Waals surface area contributed by atoms with Crippen molar-refractivity contribution < 1.29 is 14.3 Å². The van der Waals surface area contributed by atoms with Crippen LogP contribution in [0, 0.1) is 0 Å². The molecule has 0 aromatic rings. The zero-order chi connectivity index (χ0) is 15.9. The molecule has 1 fully saturated rings. The minimum Gasteiger partial charge on any atom is -0.444 e. The van der Waals surface area contributed by atoms with Crippen LogP contribution in [0.1, 0.15) is 40.5 Å². The lowest BCUT2D eigenvalue weighted by Crippen LogP contribution is -2.52. The fraction of sp³-hybridized carbons (Fsp3) is 0.812. The van der Waals surface area contributed by atoms with E-state index in [0.29, 0.717) is 25.8 Å². The molecule has 0 bridgehead atoms. The second kappa shape index (κ2) is 8.39. The van der Waals surface area contributed by atoms with E-state index in [1.165, 1.54) is 0 Å². The molecule has 2 atom stereocenters. The highest BCUT2D eigenvalue weighted by Gasteiger charge is 2.31. The van der Waals surface area contributed by atoms with Crippen molar-refractivity contribution in [1.29, 1.82) is 0 Å². The van der Waals surface area contributed by atoms with Crippen LogP contribution in [0.4, 0.5) is 4.79 Å². The summed E-state index contributed by atoms with van der Waals surface area (Å²) in [4.78, 5) is 14.1. The first-order valence-electron chi connectivity index (χ1n) is 7.75. The van der Waals surface area contributed by atoms with E-state index in [1.807, 2.05) is 26.8 Å². The Bertz CT molecular complexity index is 339. The van der Waals surface area contributed by atoms with Gasteiger partial charge in [0.25, 0.3) is 0 Å². The minimum atomic E-state index is -0.465. The largest absolute Gasteiger partial charge is 0.444 e. The Morgan fingerprint density at radius 1 is 1.57 bits per heavy atom. The molecule has 2 unspecified atom stereocenters. The SMILES string of the molecule is C=CCCNC(C)CC1COCCN1C(=O)OC(C)(C)C. The lowest BCUT2D eigenvalue weighted by atomic mass is 10.1. The molecule has 122 valence electrons. The van der Waals surface area contributed by atoms with Crippen molar-refractivity contribution in [2.24, 2.45) is 0 Å². The second-order valence-electron chi connectivity index (χ2n) is 6.57. The van der Waals surface area contributed by atoms with Crippen molar-refractivity contribution in [2.45, 2.75) is 58.2 Å². The molecular weight excluding hydrogens is 268 g/mol. The van der Waals surface area contributed by atoms with E-state index in [-0.39, 0.29) is 12.1 Å². The molecule has 0 saturated carbocycles. The molecule has 1 heterocycles. The third kappa shape index (κ3) is 6.96. The van der Waals surface area contributed by atoms with Crippen LogP contribution in [-0.4, -0.2) is 55.0 Å². The summed E-state index contributed by atoms with van der Waals surface area (Å²) >= 11 is 0. The Morgan fingerprint density at radius 2 is 2.29 bits per heavy atom. The van der Waals surface area contributed by atoms with Crippen molar-refractivity contribution in [3.8, 4) is 0 Å². The van der Waals surface area contributed by atoms with E-state index in [9.17, 15) is 4.79 Å². The fourth-order valence-corrected chi connectivity index (χ4v) is 2.33. The lowest BCUT2D eigenvalue weighted by Gasteiger charge is -2.37. The first-order valence-corrected chi connectivity index (χ1v) is 7.75. The highest BCUT2D eigenvalue weighted by Crippen LogP contribution is 2.17. The van der Waals surface area contributed by atoms with Crippen LogP contribution in [0.2, 0.25) is 0 Å². The summed E-state index contributed by atoms with van der Waals surface area (Å²) in [5, 5.41) is 3.43. The van der Waals surface area contributed by atoms with Crippen LogP contribution in [0.25, 0.3) is 0 Å². The van der Waals surface area contributed by atoms with E-state index < -0.39 is 5.60 Å². The topological polar surface area (TPSA) is 50.8 Å². The monoisotopic (exact) mass is 298 g/mol. The Morgan fingerprint density at radius 3 is 2.90 bits per heavy atom.